The minimum absolute atomic E-state index is 0.0746. The van der Waals surface area contributed by atoms with Crippen molar-refractivity contribution in [1.82, 2.24) is 0 Å². The summed E-state index contributed by atoms with van der Waals surface area (Å²) in [6.45, 7) is 3.72. The van der Waals surface area contributed by atoms with E-state index in [1.54, 1.807) is 13.0 Å². The van der Waals surface area contributed by atoms with E-state index in [9.17, 15) is 13.5 Å². The number of hydrogen-bond acceptors (Lipinski definition) is 5. The fraction of sp³-hybridized carbons (Fsp3) is 0.455. The highest BCUT2D eigenvalue weighted by atomic mass is 32.2. The third-order valence-electron chi connectivity index (χ3n) is 2.73. The Morgan fingerprint density at radius 1 is 1.44 bits per heavy atom. The zero-order chi connectivity index (χ0) is 14.0. The van der Waals surface area contributed by atoms with Gasteiger partial charge in [-0.1, -0.05) is 6.92 Å². The second-order valence-electron chi connectivity index (χ2n) is 4.50. The number of hydrogen-bond donors (Lipinski definition) is 4. The summed E-state index contributed by atoms with van der Waals surface area (Å²) in [6.07, 6.45) is 0.541. The largest absolute Gasteiger partial charge is 0.399 e. The molecule has 0 aromatic heterocycles. The predicted octanol–water partition coefficient (Wildman–Crippen LogP) is 0.489. The van der Waals surface area contributed by atoms with E-state index < -0.39 is 15.6 Å². The number of anilines is 2. The molecule has 18 heavy (non-hydrogen) atoms. The molecule has 0 saturated carbocycles. The lowest BCUT2D eigenvalue weighted by atomic mass is 10.0. The van der Waals surface area contributed by atoms with Crippen molar-refractivity contribution in [2.24, 2.45) is 5.14 Å². The van der Waals surface area contributed by atoms with Gasteiger partial charge >= 0.3 is 0 Å². The standard InChI is InChI=1S/C11H19N3O3S/c1-3-11(2,15)7-14-9-5-4-8(12)6-10(9)18(13,16)17/h4-6,14-15H,3,7,12H2,1-2H3,(H2,13,16,17). The molecule has 0 aliphatic heterocycles. The molecule has 0 saturated heterocycles. The van der Waals surface area contributed by atoms with E-state index in [1.165, 1.54) is 12.1 Å². The van der Waals surface area contributed by atoms with Crippen LogP contribution < -0.4 is 16.2 Å². The van der Waals surface area contributed by atoms with Gasteiger partial charge in [0, 0.05) is 12.2 Å². The van der Waals surface area contributed by atoms with Crippen molar-refractivity contribution in [1.29, 1.82) is 0 Å². The Balaban J connectivity index is 3.03. The molecule has 0 amide bonds. The maximum absolute atomic E-state index is 11.4. The van der Waals surface area contributed by atoms with Crippen LogP contribution in [0.25, 0.3) is 0 Å². The van der Waals surface area contributed by atoms with Gasteiger partial charge in [-0.05, 0) is 31.5 Å². The SMILES string of the molecule is CCC(C)(O)CNc1ccc(N)cc1S(N)(=O)=O. The first kappa shape index (κ1) is 14.7. The van der Waals surface area contributed by atoms with Crippen LogP contribution >= 0.6 is 0 Å². The zero-order valence-corrected chi connectivity index (χ0v) is 11.3. The molecular weight excluding hydrogens is 254 g/mol. The fourth-order valence-corrected chi connectivity index (χ4v) is 2.08. The van der Waals surface area contributed by atoms with Crippen molar-refractivity contribution in [2.45, 2.75) is 30.8 Å². The normalized spacial score (nSPS) is 15.1. The van der Waals surface area contributed by atoms with E-state index in [2.05, 4.69) is 5.32 Å². The van der Waals surface area contributed by atoms with Gasteiger partial charge in [0.05, 0.1) is 11.3 Å². The molecule has 0 bridgehead atoms. The van der Waals surface area contributed by atoms with Crippen molar-refractivity contribution < 1.29 is 13.5 Å². The van der Waals surface area contributed by atoms with Crippen LogP contribution in [0.1, 0.15) is 20.3 Å². The fourth-order valence-electron chi connectivity index (χ4n) is 1.33. The van der Waals surface area contributed by atoms with Crippen molar-refractivity contribution in [3.8, 4) is 0 Å². The summed E-state index contributed by atoms with van der Waals surface area (Å²) in [5.41, 5.74) is 5.26. The van der Waals surface area contributed by atoms with Crippen LogP contribution in [-0.2, 0) is 10.0 Å². The van der Waals surface area contributed by atoms with Gasteiger partial charge in [0.15, 0.2) is 0 Å². The molecule has 1 aromatic rings. The maximum atomic E-state index is 11.4. The first-order valence-corrected chi connectivity index (χ1v) is 7.09. The summed E-state index contributed by atoms with van der Waals surface area (Å²) in [5, 5.41) is 17.9. The van der Waals surface area contributed by atoms with Crippen molar-refractivity contribution in [3.63, 3.8) is 0 Å². The molecule has 1 atom stereocenters. The Morgan fingerprint density at radius 3 is 2.56 bits per heavy atom. The lowest BCUT2D eigenvalue weighted by molar-refractivity contribution is 0.0697. The van der Waals surface area contributed by atoms with Gasteiger partial charge in [-0.2, -0.15) is 0 Å². The van der Waals surface area contributed by atoms with E-state index in [0.29, 0.717) is 17.8 Å². The first-order valence-electron chi connectivity index (χ1n) is 5.54. The highest BCUT2D eigenvalue weighted by molar-refractivity contribution is 7.89. The van der Waals surface area contributed by atoms with Crippen LogP contribution in [0.3, 0.4) is 0 Å². The quantitative estimate of drug-likeness (QED) is 0.582. The molecule has 0 spiro atoms. The van der Waals surface area contributed by atoms with E-state index in [1.807, 2.05) is 6.92 Å². The molecule has 0 aliphatic carbocycles. The van der Waals surface area contributed by atoms with Crippen LogP contribution in [0.4, 0.5) is 11.4 Å². The van der Waals surface area contributed by atoms with Crippen LogP contribution in [-0.4, -0.2) is 25.7 Å². The molecule has 0 aliphatic rings. The van der Waals surface area contributed by atoms with E-state index >= 15 is 0 Å². The number of aliphatic hydroxyl groups is 1. The smallest absolute Gasteiger partial charge is 0.240 e. The zero-order valence-electron chi connectivity index (χ0n) is 10.5. The Hall–Kier alpha value is -1.31. The minimum Gasteiger partial charge on any atom is -0.399 e. The third kappa shape index (κ3) is 3.86. The Labute approximate surface area is 107 Å². The molecular formula is C11H19N3O3S. The van der Waals surface area contributed by atoms with Crippen molar-refractivity contribution in [3.05, 3.63) is 18.2 Å². The number of primary sulfonamides is 1. The van der Waals surface area contributed by atoms with E-state index in [0.717, 1.165) is 0 Å². The van der Waals surface area contributed by atoms with Gasteiger partial charge in [0.1, 0.15) is 4.90 Å². The van der Waals surface area contributed by atoms with Crippen LogP contribution in [0.15, 0.2) is 23.1 Å². The van der Waals surface area contributed by atoms with Crippen LogP contribution in [0, 0.1) is 0 Å². The lowest BCUT2D eigenvalue weighted by Crippen LogP contribution is -2.33. The highest BCUT2D eigenvalue weighted by Crippen LogP contribution is 2.23. The summed E-state index contributed by atoms with van der Waals surface area (Å²) in [4.78, 5) is -0.0746. The van der Waals surface area contributed by atoms with Gasteiger partial charge in [-0.25, -0.2) is 13.6 Å². The Kier molecular flexibility index (Phi) is 4.20. The van der Waals surface area contributed by atoms with Crippen molar-refractivity contribution in [2.75, 3.05) is 17.6 Å². The third-order valence-corrected chi connectivity index (χ3v) is 3.68. The summed E-state index contributed by atoms with van der Waals surface area (Å²) in [6, 6.07) is 4.39. The number of rotatable bonds is 5. The summed E-state index contributed by atoms with van der Waals surface area (Å²) >= 11 is 0. The molecule has 1 aromatic carbocycles. The maximum Gasteiger partial charge on any atom is 0.240 e. The Bertz CT molecular complexity index is 526. The first-order chi connectivity index (χ1) is 8.15. The van der Waals surface area contributed by atoms with Gasteiger partial charge < -0.3 is 16.2 Å². The van der Waals surface area contributed by atoms with E-state index in [-0.39, 0.29) is 11.4 Å². The minimum atomic E-state index is -3.85. The Morgan fingerprint density at radius 2 is 2.06 bits per heavy atom. The molecule has 0 fully saturated rings. The lowest BCUT2D eigenvalue weighted by Gasteiger charge is -2.23. The van der Waals surface area contributed by atoms with Gasteiger partial charge in [-0.15, -0.1) is 0 Å². The molecule has 7 heteroatoms. The summed E-state index contributed by atoms with van der Waals surface area (Å²) in [7, 11) is -3.85. The topological polar surface area (TPSA) is 118 Å². The summed E-state index contributed by atoms with van der Waals surface area (Å²) in [5.74, 6) is 0. The van der Waals surface area contributed by atoms with Gasteiger partial charge in [0.25, 0.3) is 0 Å². The number of nitrogens with one attached hydrogen (secondary N) is 1. The number of nitrogens with two attached hydrogens (primary N) is 2. The predicted molar refractivity (Wildman–Crippen MR) is 71.6 cm³/mol. The number of benzene rings is 1. The second-order valence-corrected chi connectivity index (χ2v) is 6.03. The van der Waals surface area contributed by atoms with Crippen LogP contribution in [0.2, 0.25) is 0 Å². The van der Waals surface area contributed by atoms with E-state index in [4.69, 9.17) is 10.9 Å². The second kappa shape index (κ2) is 5.13. The monoisotopic (exact) mass is 273 g/mol. The number of nitrogen functional groups attached to an aromatic ring is 1. The molecule has 0 radical (unpaired) electrons. The average Bonchev–Trinajstić information content (AvgIpc) is 2.26. The van der Waals surface area contributed by atoms with Crippen molar-refractivity contribution >= 4 is 21.4 Å². The average molecular weight is 273 g/mol. The molecule has 0 heterocycles. The molecule has 102 valence electrons. The molecule has 6 N–H and O–H groups in total. The number of sulfonamides is 1. The van der Waals surface area contributed by atoms with Gasteiger partial charge in [0.2, 0.25) is 10.0 Å². The highest BCUT2D eigenvalue weighted by Gasteiger charge is 2.20. The van der Waals surface area contributed by atoms with Crippen LogP contribution in [0.5, 0.6) is 0 Å². The summed E-state index contributed by atoms with van der Waals surface area (Å²) < 4.78 is 22.8. The molecule has 1 unspecified atom stereocenters. The molecule has 6 nitrogen and oxygen atoms in total. The molecule has 1 rings (SSSR count). The van der Waals surface area contributed by atoms with Gasteiger partial charge in [-0.3, -0.25) is 0 Å².